The molecule has 1 amide bonds. The number of hydrogen-bond donors (Lipinski definition) is 1. The molecular weight excluding hydrogens is 349 g/mol. The Morgan fingerprint density at radius 2 is 1.92 bits per heavy atom. The van der Waals surface area contributed by atoms with Crippen molar-refractivity contribution in [2.24, 2.45) is 5.92 Å². The van der Waals surface area contributed by atoms with Gasteiger partial charge < -0.3 is 9.84 Å². The van der Waals surface area contributed by atoms with Gasteiger partial charge in [-0.25, -0.2) is 0 Å². The second-order valence-corrected chi connectivity index (χ2v) is 6.26. The van der Waals surface area contributed by atoms with E-state index in [-0.39, 0.29) is 0 Å². The number of amides is 1. The Labute approximate surface area is 148 Å². The zero-order valence-electron chi connectivity index (χ0n) is 14.0. The second kappa shape index (κ2) is 7.86. The summed E-state index contributed by atoms with van der Waals surface area (Å²) in [4.78, 5) is 18.2. The summed E-state index contributed by atoms with van der Waals surface area (Å²) in [6, 6.07) is 9.46. The van der Waals surface area contributed by atoms with Crippen LogP contribution in [0.1, 0.15) is 18.7 Å². The van der Waals surface area contributed by atoms with E-state index in [0.29, 0.717) is 44.2 Å². The maximum Gasteiger partial charge on any atom is 0.405 e. The lowest BCUT2D eigenvalue weighted by molar-refractivity contribution is -0.141. The fourth-order valence-electron chi connectivity index (χ4n) is 2.90. The minimum Gasteiger partial charge on any atom is -0.347 e. The number of rotatable bonds is 5. The third-order valence-electron chi connectivity index (χ3n) is 4.28. The number of likely N-dealkylation sites (tertiary alicyclic amines) is 1. The van der Waals surface area contributed by atoms with Gasteiger partial charge in [0, 0.05) is 11.5 Å². The minimum atomic E-state index is -4.38. The quantitative estimate of drug-likeness (QED) is 0.879. The normalized spacial score (nSPS) is 16.6. The molecule has 1 fully saturated rings. The lowest BCUT2D eigenvalue weighted by Crippen LogP contribution is -2.42. The number of nitrogens with zero attached hydrogens (tertiary/aromatic N) is 3. The van der Waals surface area contributed by atoms with E-state index < -0.39 is 24.5 Å². The lowest BCUT2D eigenvalue weighted by Gasteiger charge is -2.30. The van der Waals surface area contributed by atoms with Gasteiger partial charge in [0.25, 0.3) is 0 Å². The molecule has 0 aliphatic carbocycles. The molecular formula is C17H19F3N4O2. The zero-order valence-corrected chi connectivity index (χ0v) is 14.0. The molecule has 0 saturated carbocycles. The van der Waals surface area contributed by atoms with Crippen LogP contribution in [0.15, 0.2) is 34.9 Å². The van der Waals surface area contributed by atoms with Crippen molar-refractivity contribution in [1.29, 1.82) is 0 Å². The Bertz CT molecular complexity index is 725. The van der Waals surface area contributed by atoms with Crippen LogP contribution in [-0.4, -0.2) is 46.8 Å². The van der Waals surface area contributed by atoms with Gasteiger partial charge in [-0.3, -0.25) is 9.69 Å². The highest BCUT2D eigenvalue weighted by molar-refractivity contribution is 5.78. The number of nitrogens with one attached hydrogen (secondary N) is 1. The van der Waals surface area contributed by atoms with E-state index in [1.807, 2.05) is 35.6 Å². The monoisotopic (exact) mass is 368 g/mol. The topological polar surface area (TPSA) is 71.3 Å². The maximum atomic E-state index is 12.2. The van der Waals surface area contributed by atoms with Crippen LogP contribution in [0.4, 0.5) is 13.2 Å². The van der Waals surface area contributed by atoms with Crippen molar-refractivity contribution in [1.82, 2.24) is 20.4 Å². The number of carbonyl (C=O) groups is 1. The summed E-state index contributed by atoms with van der Waals surface area (Å²) in [6.07, 6.45) is -3.38. The van der Waals surface area contributed by atoms with Crippen LogP contribution in [0.25, 0.3) is 11.4 Å². The first-order valence-corrected chi connectivity index (χ1v) is 8.35. The Hall–Kier alpha value is -2.42. The molecule has 1 aliphatic rings. The zero-order chi connectivity index (χ0) is 18.6. The fourth-order valence-corrected chi connectivity index (χ4v) is 2.90. The molecule has 1 aromatic heterocycles. The van der Waals surface area contributed by atoms with Gasteiger partial charge in [0.2, 0.25) is 17.6 Å². The Morgan fingerprint density at radius 3 is 2.58 bits per heavy atom. The summed E-state index contributed by atoms with van der Waals surface area (Å²) < 4.78 is 41.8. The molecule has 0 radical (unpaired) electrons. The molecule has 140 valence electrons. The van der Waals surface area contributed by atoms with Crippen LogP contribution in [-0.2, 0) is 11.3 Å². The average Bonchev–Trinajstić information content (AvgIpc) is 3.09. The summed E-state index contributed by atoms with van der Waals surface area (Å²) in [7, 11) is 0. The molecule has 0 atom stereocenters. The molecule has 3 rings (SSSR count). The smallest absolute Gasteiger partial charge is 0.347 e. The predicted octanol–water partition coefficient (Wildman–Crippen LogP) is 2.63. The van der Waals surface area contributed by atoms with Gasteiger partial charge >= 0.3 is 6.18 Å². The van der Waals surface area contributed by atoms with E-state index in [1.165, 1.54) is 0 Å². The van der Waals surface area contributed by atoms with Gasteiger partial charge in [-0.05, 0) is 25.9 Å². The van der Waals surface area contributed by atoms with Gasteiger partial charge in [0.15, 0.2) is 0 Å². The first-order chi connectivity index (χ1) is 12.4. The van der Waals surface area contributed by atoms with Gasteiger partial charge in [-0.15, -0.1) is 0 Å². The molecule has 9 heteroatoms. The first-order valence-electron chi connectivity index (χ1n) is 8.35. The van der Waals surface area contributed by atoms with E-state index in [9.17, 15) is 18.0 Å². The molecule has 2 heterocycles. The SMILES string of the molecule is O=C(NCC(F)(F)F)C1CCN(Cc2nc(-c3ccccc3)no2)CC1. The van der Waals surface area contributed by atoms with Gasteiger partial charge in [-0.1, -0.05) is 35.5 Å². The van der Waals surface area contributed by atoms with Gasteiger partial charge in [0.05, 0.1) is 6.54 Å². The Kier molecular flexibility index (Phi) is 5.55. The summed E-state index contributed by atoms with van der Waals surface area (Å²) in [6.45, 7) is 0.354. The van der Waals surface area contributed by atoms with Crippen LogP contribution < -0.4 is 5.32 Å². The van der Waals surface area contributed by atoms with E-state index in [4.69, 9.17) is 4.52 Å². The molecule has 1 N–H and O–H groups in total. The van der Waals surface area contributed by atoms with E-state index >= 15 is 0 Å². The molecule has 6 nitrogen and oxygen atoms in total. The minimum absolute atomic E-state index is 0.392. The Balaban J connectivity index is 1.47. The molecule has 26 heavy (non-hydrogen) atoms. The van der Waals surface area contributed by atoms with Crippen molar-refractivity contribution in [3.8, 4) is 11.4 Å². The number of piperidine rings is 1. The predicted molar refractivity (Wildman–Crippen MR) is 86.8 cm³/mol. The molecule has 1 saturated heterocycles. The lowest BCUT2D eigenvalue weighted by atomic mass is 9.96. The highest BCUT2D eigenvalue weighted by atomic mass is 19.4. The summed E-state index contributed by atoms with van der Waals surface area (Å²) in [5.74, 6) is 0.0631. The molecule has 1 aliphatic heterocycles. The van der Waals surface area contributed by atoms with Crippen molar-refractivity contribution in [3.05, 3.63) is 36.2 Å². The first kappa shape index (κ1) is 18.4. The molecule has 2 aromatic rings. The number of benzene rings is 1. The summed E-state index contributed by atoms with van der Waals surface area (Å²) >= 11 is 0. The van der Waals surface area contributed by atoms with E-state index in [1.54, 1.807) is 0 Å². The second-order valence-electron chi connectivity index (χ2n) is 6.26. The van der Waals surface area contributed by atoms with Crippen molar-refractivity contribution in [2.45, 2.75) is 25.6 Å². The van der Waals surface area contributed by atoms with Crippen molar-refractivity contribution in [2.75, 3.05) is 19.6 Å². The van der Waals surface area contributed by atoms with Crippen molar-refractivity contribution < 1.29 is 22.5 Å². The fraction of sp³-hybridized carbons (Fsp3) is 0.471. The van der Waals surface area contributed by atoms with Gasteiger partial charge in [-0.2, -0.15) is 18.2 Å². The van der Waals surface area contributed by atoms with E-state index in [2.05, 4.69) is 15.0 Å². The molecule has 0 bridgehead atoms. The maximum absolute atomic E-state index is 12.2. The largest absolute Gasteiger partial charge is 0.405 e. The van der Waals surface area contributed by atoms with Crippen LogP contribution in [0.5, 0.6) is 0 Å². The van der Waals surface area contributed by atoms with Crippen molar-refractivity contribution in [3.63, 3.8) is 0 Å². The standard InChI is InChI=1S/C17H19F3N4O2/c18-17(19,20)11-21-16(25)13-6-8-24(9-7-13)10-14-22-15(23-26-14)12-4-2-1-3-5-12/h1-5,13H,6-11H2,(H,21,25). The number of aromatic nitrogens is 2. The third kappa shape index (κ3) is 5.04. The van der Waals surface area contributed by atoms with Crippen LogP contribution in [0.2, 0.25) is 0 Å². The van der Waals surface area contributed by atoms with E-state index in [0.717, 1.165) is 5.56 Å². The summed E-state index contributed by atoms with van der Waals surface area (Å²) in [5, 5.41) is 5.91. The molecule has 1 aromatic carbocycles. The highest BCUT2D eigenvalue weighted by Crippen LogP contribution is 2.21. The van der Waals surface area contributed by atoms with Crippen LogP contribution in [0, 0.1) is 5.92 Å². The summed E-state index contributed by atoms with van der Waals surface area (Å²) in [5.41, 5.74) is 0.863. The van der Waals surface area contributed by atoms with Crippen LogP contribution in [0.3, 0.4) is 0 Å². The van der Waals surface area contributed by atoms with Crippen molar-refractivity contribution >= 4 is 5.91 Å². The Morgan fingerprint density at radius 1 is 1.23 bits per heavy atom. The number of halogens is 3. The van der Waals surface area contributed by atoms with Gasteiger partial charge in [0.1, 0.15) is 6.54 Å². The third-order valence-corrected chi connectivity index (χ3v) is 4.28. The van der Waals surface area contributed by atoms with Crippen LogP contribution >= 0.6 is 0 Å². The number of alkyl halides is 3. The average molecular weight is 368 g/mol. The molecule has 0 spiro atoms. The highest BCUT2D eigenvalue weighted by Gasteiger charge is 2.31. The molecule has 0 unspecified atom stereocenters. The number of hydrogen-bond acceptors (Lipinski definition) is 5. The number of carbonyl (C=O) groups excluding carboxylic acids is 1.